The van der Waals surface area contributed by atoms with Gasteiger partial charge in [-0.05, 0) is 24.6 Å². The standard InChI is InChI=1S/C10H12ClNO2S/c1-7-5-8(11)10-9(6-7)15(13,14)4-3-12(10)2/h5-6H,3-4H2,1-2H3. The van der Waals surface area contributed by atoms with Crippen LogP contribution in [0.3, 0.4) is 0 Å². The summed E-state index contributed by atoms with van der Waals surface area (Å²) in [6, 6.07) is 3.48. The lowest BCUT2D eigenvalue weighted by molar-refractivity contribution is 0.591. The van der Waals surface area contributed by atoms with Crippen LogP contribution in [-0.2, 0) is 9.84 Å². The van der Waals surface area contributed by atoms with Gasteiger partial charge < -0.3 is 4.90 Å². The molecule has 0 atom stereocenters. The Labute approximate surface area is 94.6 Å². The van der Waals surface area contributed by atoms with E-state index in [4.69, 9.17) is 11.6 Å². The maximum atomic E-state index is 11.8. The monoisotopic (exact) mass is 245 g/mol. The molecule has 3 nitrogen and oxygen atoms in total. The summed E-state index contributed by atoms with van der Waals surface area (Å²) in [5, 5.41) is 0.510. The molecule has 0 bridgehead atoms. The number of sulfone groups is 1. The Hall–Kier alpha value is -0.740. The summed E-state index contributed by atoms with van der Waals surface area (Å²) < 4.78 is 23.7. The summed E-state index contributed by atoms with van der Waals surface area (Å²) in [7, 11) is -1.29. The first-order valence-electron chi connectivity index (χ1n) is 4.66. The zero-order chi connectivity index (χ0) is 11.2. The van der Waals surface area contributed by atoms with Crippen molar-refractivity contribution in [3.05, 3.63) is 22.7 Å². The second kappa shape index (κ2) is 3.39. The maximum Gasteiger partial charge on any atom is 0.182 e. The van der Waals surface area contributed by atoms with Gasteiger partial charge in [-0.25, -0.2) is 8.42 Å². The van der Waals surface area contributed by atoms with E-state index in [9.17, 15) is 8.42 Å². The normalized spacial score (nSPS) is 18.7. The molecule has 0 fully saturated rings. The predicted molar refractivity (Wildman–Crippen MR) is 61.5 cm³/mol. The van der Waals surface area contributed by atoms with Crippen molar-refractivity contribution in [2.75, 3.05) is 24.2 Å². The van der Waals surface area contributed by atoms with Gasteiger partial charge in [0.2, 0.25) is 0 Å². The van der Waals surface area contributed by atoms with Crippen LogP contribution in [0.25, 0.3) is 0 Å². The van der Waals surface area contributed by atoms with Crippen molar-refractivity contribution in [3.63, 3.8) is 0 Å². The fourth-order valence-corrected chi connectivity index (χ4v) is 3.92. The molecule has 0 saturated heterocycles. The van der Waals surface area contributed by atoms with Crippen molar-refractivity contribution in [3.8, 4) is 0 Å². The molecule has 1 aliphatic heterocycles. The summed E-state index contributed by atoms with van der Waals surface area (Å²) in [5.74, 6) is 0.163. The van der Waals surface area contributed by atoms with Crippen LogP contribution in [0.1, 0.15) is 5.56 Å². The van der Waals surface area contributed by atoms with Gasteiger partial charge >= 0.3 is 0 Å². The van der Waals surface area contributed by atoms with Crippen LogP contribution >= 0.6 is 11.6 Å². The first-order chi connectivity index (χ1) is 6.92. The summed E-state index contributed by atoms with van der Waals surface area (Å²) in [6.45, 7) is 2.34. The van der Waals surface area contributed by atoms with Crippen molar-refractivity contribution in [2.45, 2.75) is 11.8 Å². The molecule has 1 aliphatic rings. The highest BCUT2D eigenvalue weighted by molar-refractivity contribution is 7.91. The van der Waals surface area contributed by atoms with E-state index in [2.05, 4.69) is 0 Å². The van der Waals surface area contributed by atoms with E-state index < -0.39 is 9.84 Å². The van der Waals surface area contributed by atoms with Crippen molar-refractivity contribution in [1.29, 1.82) is 0 Å². The van der Waals surface area contributed by atoms with Crippen LogP contribution in [-0.4, -0.2) is 27.8 Å². The quantitative estimate of drug-likeness (QED) is 0.700. The van der Waals surface area contributed by atoms with Gasteiger partial charge in [-0.1, -0.05) is 11.6 Å². The number of hydrogen-bond donors (Lipinski definition) is 0. The highest BCUT2D eigenvalue weighted by Crippen LogP contribution is 2.36. The third-order valence-corrected chi connectivity index (χ3v) is 4.57. The van der Waals surface area contributed by atoms with E-state index in [1.165, 1.54) is 0 Å². The molecule has 1 heterocycles. The maximum absolute atomic E-state index is 11.8. The first-order valence-corrected chi connectivity index (χ1v) is 6.69. The Morgan fingerprint density at radius 2 is 2.07 bits per heavy atom. The zero-order valence-corrected chi connectivity index (χ0v) is 10.2. The molecule has 0 radical (unpaired) electrons. The van der Waals surface area contributed by atoms with Crippen LogP contribution < -0.4 is 4.90 Å². The number of rotatable bonds is 0. The van der Waals surface area contributed by atoms with Crippen molar-refractivity contribution in [1.82, 2.24) is 0 Å². The molecular formula is C10H12ClNO2S. The minimum atomic E-state index is -3.15. The number of aryl methyl sites for hydroxylation is 1. The molecule has 82 valence electrons. The second-order valence-corrected chi connectivity index (χ2v) is 6.32. The van der Waals surface area contributed by atoms with E-state index >= 15 is 0 Å². The molecule has 0 aromatic heterocycles. The van der Waals surface area contributed by atoms with E-state index in [-0.39, 0.29) is 5.75 Å². The lowest BCUT2D eigenvalue weighted by Gasteiger charge is -2.28. The van der Waals surface area contributed by atoms with E-state index in [0.717, 1.165) is 5.56 Å². The number of halogens is 1. The smallest absolute Gasteiger partial charge is 0.182 e. The average Bonchev–Trinajstić information content (AvgIpc) is 2.11. The third kappa shape index (κ3) is 1.72. The highest BCUT2D eigenvalue weighted by atomic mass is 35.5. The number of benzene rings is 1. The highest BCUT2D eigenvalue weighted by Gasteiger charge is 2.28. The first kappa shape index (κ1) is 10.8. The molecule has 0 saturated carbocycles. The number of hydrogen-bond acceptors (Lipinski definition) is 3. The van der Waals surface area contributed by atoms with E-state index in [1.54, 1.807) is 12.1 Å². The average molecular weight is 246 g/mol. The van der Waals surface area contributed by atoms with Gasteiger partial charge in [0.25, 0.3) is 0 Å². The summed E-state index contributed by atoms with van der Waals surface area (Å²) in [5.41, 5.74) is 1.51. The molecule has 0 spiro atoms. The lowest BCUT2D eigenvalue weighted by Crippen LogP contribution is -2.32. The molecule has 2 rings (SSSR count). The zero-order valence-electron chi connectivity index (χ0n) is 8.62. The van der Waals surface area contributed by atoms with Crippen LogP contribution in [0, 0.1) is 6.92 Å². The SMILES string of the molecule is Cc1cc(Cl)c2c(c1)S(=O)(=O)CCN2C. The van der Waals surface area contributed by atoms with Gasteiger partial charge in [0, 0.05) is 13.6 Å². The molecule has 1 aromatic rings. The van der Waals surface area contributed by atoms with E-state index in [0.29, 0.717) is 22.2 Å². The van der Waals surface area contributed by atoms with E-state index in [1.807, 2.05) is 18.9 Å². The van der Waals surface area contributed by atoms with Crippen LogP contribution in [0.4, 0.5) is 5.69 Å². The minimum Gasteiger partial charge on any atom is -0.371 e. The Bertz CT molecular complexity index is 510. The number of fused-ring (bicyclic) bond motifs is 1. The lowest BCUT2D eigenvalue weighted by atomic mass is 10.2. The molecule has 15 heavy (non-hydrogen) atoms. The van der Waals surface area contributed by atoms with Gasteiger partial charge in [-0.3, -0.25) is 0 Å². The van der Waals surface area contributed by atoms with Gasteiger partial charge in [0.1, 0.15) is 0 Å². The largest absolute Gasteiger partial charge is 0.371 e. The Balaban J connectivity index is 2.79. The summed E-state index contributed by atoms with van der Waals surface area (Å²) >= 11 is 6.06. The number of anilines is 1. The Kier molecular flexibility index (Phi) is 2.43. The van der Waals surface area contributed by atoms with Gasteiger partial charge in [-0.2, -0.15) is 0 Å². The van der Waals surface area contributed by atoms with Crippen molar-refractivity contribution >= 4 is 27.1 Å². The fraction of sp³-hybridized carbons (Fsp3) is 0.400. The third-order valence-electron chi connectivity index (χ3n) is 2.58. The molecule has 1 aromatic carbocycles. The topological polar surface area (TPSA) is 37.4 Å². The van der Waals surface area contributed by atoms with Crippen LogP contribution in [0.5, 0.6) is 0 Å². The molecular weight excluding hydrogens is 234 g/mol. The molecule has 0 amide bonds. The van der Waals surface area contributed by atoms with Gasteiger partial charge in [0.05, 0.1) is 21.4 Å². The molecule has 5 heteroatoms. The molecule has 0 N–H and O–H groups in total. The van der Waals surface area contributed by atoms with Crippen LogP contribution in [0.15, 0.2) is 17.0 Å². The summed E-state index contributed by atoms with van der Waals surface area (Å²) in [4.78, 5) is 2.25. The molecule has 0 aliphatic carbocycles. The minimum absolute atomic E-state index is 0.163. The molecule has 0 unspecified atom stereocenters. The predicted octanol–water partition coefficient (Wildman–Crippen LogP) is 1.87. The van der Waals surface area contributed by atoms with Gasteiger partial charge in [-0.15, -0.1) is 0 Å². The van der Waals surface area contributed by atoms with Crippen molar-refractivity contribution < 1.29 is 8.42 Å². The summed E-state index contributed by atoms with van der Waals surface area (Å²) in [6.07, 6.45) is 0. The van der Waals surface area contributed by atoms with Gasteiger partial charge in [0.15, 0.2) is 9.84 Å². The second-order valence-electron chi connectivity index (χ2n) is 3.83. The van der Waals surface area contributed by atoms with Crippen molar-refractivity contribution in [2.24, 2.45) is 0 Å². The Morgan fingerprint density at radius 1 is 1.40 bits per heavy atom. The Morgan fingerprint density at radius 3 is 2.73 bits per heavy atom. The fourth-order valence-electron chi connectivity index (χ4n) is 1.79. The van der Waals surface area contributed by atoms with Crippen LogP contribution in [0.2, 0.25) is 5.02 Å². The number of nitrogens with zero attached hydrogens (tertiary/aromatic N) is 1.